The fourth-order valence-corrected chi connectivity index (χ4v) is 1.54. The van der Waals surface area contributed by atoms with Crippen LogP contribution in [0.5, 0.6) is 0 Å². The first-order valence-corrected chi connectivity index (χ1v) is 4.04. The fraction of sp³-hybridized carbons (Fsp3) is 0.625. The predicted molar refractivity (Wildman–Crippen MR) is 42.2 cm³/mol. The molecule has 5 heteroatoms. The van der Waals surface area contributed by atoms with E-state index in [1.807, 2.05) is 0 Å². The summed E-state index contributed by atoms with van der Waals surface area (Å²) in [4.78, 5) is 10.5. The van der Waals surface area contributed by atoms with Crippen molar-refractivity contribution in [1.29, 1.82) is 0 Å². The smallest absolute Gasteiger partial charge is 0.306 e. The lowest BCUT2D eigenvalue weighted by atomic mass is 9.83. The summed E-state index contributed by atoms with van der Waals surface area (Å²) >= 11 is 0. The molecule has 0 spiro atoms. The molecule has 1 fully saturated rings. The monoisotopic (exact) mass is 191 g/mol. The summed E-state index contributed by atoms with van der Waals surface area (Å²) in [5.74, 6) is -1.52. The van der Waals surface area contributed by atoms with Crippen molar-refractivity contribution in [3.63, 3.8) is 0 Å². The van der Waals surface area contributed by atoms with Crippen LogP contribution in [0.1, 0.15) is 19.3 Å². The Morgan fingerprint density at radius 1 is 1.54 bits per heavy atom. The average molecular weight is 191 g/mol. The lowest BCUT2D eigenvalue weighted by Crippen LogP contribution is -2.33. The van der Waals surface area contributed by atoms with Crippen molar-refractivity contribution in [2.24, 2.45) is 11.7 Å². The summed E-state index contributed by atoms with van der Waals surface area (Å²) in [6.45, 7) is 0. The minimum atomic E-state index is -1.75. The van der Waals surface area contributed by atoms with E-state index >= 15 is 0 Å². The van der Waals surface area contributed by atoms with Gasteiger partial charge in [0.2, 0.25) is 0 Å². The number of nitrogens with two attached hydrogens (primary N) is 1. The first kappa shape index (κ1) is 10.1. The molecule has 0 saturated heterocycles. The van der Waals surface area contributed by atoms with Crippen LogP contribution < -0.4 is 5.73 Å². The van der Waals surface area contributed by atoms with E-state index in [4.69, 9.17) is 10.8 Å². The maximum atomic E-state index is 12.2. The van der Waals surface area contributed by atoms with Crippen LogP contribution in [0.2, 0.25) is 0 Å². The van der Waals surface area contributed by atoms with Crippen LogP contribution in [-0.2, 0) is 4.79 Å². The number of halogens is 2. The first-order valence-electron chi connectivity index (χ1n) is 4.04. The third-order valence-electron chi connectivity index (χ3n) is 2.34. The zero-order chi connectivity index (χ0) is 10.0. The molecule has 0 heterocycles. The molecular weight excluding hydrogens is 180 g/mol. The van der Waals surface area contributed by atoms with Crippen molar-refractivity contribution in [2.75, 3.05) is 0 Å². The molecule has 0 bridgehead atoms. The molecule has 13 heavy (non-hydrogen) atoms. The van der Waals surface area contributed by atoms with Gasteiger partial charge in [0.05, 0.1) is 5.92 Å². The molecule has 0 aromatic carbocycles. The SMILES string of the molecule is N[C@H]1C[C@@H](C(=O)O)CCC1=C(F)F. The Hall–Kier alpha value is -0.970. The van der Waals surface area contributed by atoms with Gasteiger partial charge in [0, 0.05) is 11.6 Å². The molecule has 1 aliphatic rings. The Balaban J connectivity index is 2.67. The van der Waals surface area contributed by atoms with E-state index in [2.05, 4.69) is 0 Å². The van der Waals surface area contributed by atoms with Crippen LogP contribution in [-0.4, -0.2) is 17.1 Å². The van der Waals surface area contributed by atoms with E-state index in [0.717, 1.165) is 0 Å². The normalized spacial score (nSPS) is 28.7. The van der Waals surface area contributed by atoms with Crippen LogP contribution in [0, 0.1) is 5.92 Å². The van der Waals surface area contributed by atoms with Crippen molar-refractivity contribution in [1.82, 2.24) is 0 Å². The van der Waals surface area contributed by atoms with Crippen molar-refractivity contribution < 1.29 is 18.7 Å². The summed E-state index contributed by atoms with van der Waals surface area (Å²) in [6, 6.07) is -0.792. The Bertz CT molecular complexity index is 249. The Morgan fingerprint density at radius 3 is 2.54 bits per heavy atom. The number of hydrogen-bond donors (Lipinski definition) is 2. The van der Waals surface area contributed by atoms with Gasteiger partial charge in [-0.3, -0.25) is 4.79 Å². The van der Waals surface area contributed by atoms with Gasteiger partial charge in [0.15, 0.2) is 0 Å². The zero-order valence-corrected chi connectivity index (χ0v) is 6.96. The summed E-state index contributed by atoms with van der Waals surface area (Å²) in [6.07, 6.45) is -1.28. The molecule has 0 unspecified atom stereocenters. The highest BCUT2D eigenvalue weighted by Crippen LogP contribution is 2.30. The van der Waals surface area contributed by atoms with Crippen LogP contribution in [0.15, 0.2) is 11.7 Å². The molecule has 0 radical (unpaired) electrons. The van der Waals surface area contributed by atoms with Gasteiger partial charge >= 0.3 is 5.97 Å². The van der Waals surface area contributed by atoms with Crippen molar-refractivity contribution >= 4 is 5.97 Å². The number of hydrogen-bond acceptors (Lipinski definition) is 2. The fourth-order valence-electron chi connectivity index (χ4n) is 1.54. The first-order chi connectivity index (χ1) is 6.02. The zero-order valence-electron chi connectivity index (χ0n) is 6.96. The highest BCUT2D eigenvalue weighted by atomic mass is 19.3. The number of aliphatic carboxylic acids is 1. The summed E-state index contributed by atoms with van der Waals surface area (Å²) in [5, 5.41) is 8.62. The van der Waals surface area contributed by atoms with E-state index < -0.39 is 24.0 Å². The molecule has 1 rings (SSSR count). The van der Waals surface area contributed by atoms with Gasteiger partial charge in [-0.05, 0) is 19.3 Å². The number of carboxylic acid groups (broad SMARTS) is 1. The van der Waals surface area contributed by atoms with Crippen LogP contribution >= 0.6 is 0 Å². The van der Waals surface area contributed by atoms with E-state index in [1.54, 1.807) is 0 Å². The third-order valence-corrected chi connectivity index (χ3v) is 2.34. The van der Waals surface area contributed by atoms with Crippen molar-refractivity contribution in [2.45, 2.75) is 25.3 Å². The summed E-state index contributed by atoms with van der Waals surface area (Å²) < 4.78 is 24.3. The average Bonchev–Trinajstić information content (AvgIpc) is 2.03. The topological polar surface area (TPSA) is 63.3 Å². The number of rotatable bonds is 1. The molecule has 1 aliphatic carbocycles. The lowest BCUT2D eigenvalue weighted by molar-refractivity contribution is -0.142. The van der Waals surface area contributed by atoms with Gasteiger partial charge in [-0.2, -0.15) is 8.78 Å². The molecule has 1 saturated carbocycles. The number of carboxylic acids is 1. The highest BCUT2D eigenvalue weighted by molar-refractivity contribution is 5.70. The van der Waals surface area contributed by atoms with Gasteiger partial charge in [0.1, 0.15) is 0 Å². The quantitative estimate of drug-likeness (QED) is 0.657. The molecule has 74 valence electrons. The van der Waals surface area contributed by atoms with Crippen LogP contribution in [0.3, 0.4) is 0 Å². The van der Waals surface area contributed by atoms with E-state index in [9.17, 15) is 13.6 Å². The second-order valence-electron chi connectivity index (χ2n) is 3.20. The van der Waals surface area contributed by atoms with Gasteiger partial charge in [-0.25, -0.2) is 0 Å². The second-order valence-corrected chi connectivity index (χ2v) is 3.20. The largest absolute Gasteiger partial charge is 0.481 e. The molecule has 3 nitrogen and oxygen atoms in total. The maximum absolute atomic E-state index is 12.2. The molecular formula is C8H11F2NO2. The molecule has 0 aromatic rings. The minimum absolute atomic E-state index is 0.0856. The lowest BCUT2D eigenvalue weighted by Gasteiger charge is -2.25. The Kier molecular flexibility index (Phi) is 2.98. The third kappa shape index (κ3) is 2.24. The number of carbonyl (C=O) groups is 1. The van der Waals surface area contributed by atoms with E-state index in [1.165, 1.54) is 0 Å². The van der Waals surface area contributed by atoms with E-state index in [-0.39, 0.29) is 24.8 Å². The molecule has 2 atom stereocenters. The van der Waals surface area contributed by atoms with E-state index in [0.29, 0.717) is 0 Å². The molecule has 0 aromatic heterocycles. The minimum Gasteiger partial charge on any atom is -0.481 e. The van der Waals surface area contributed by atoms with Gasteiger partial charge in [-0.1, -0.05) is 0 Å². The van der Waals surface area contributed by atoms with Crippen molar-refractivity contribution in [3.8, 4) is 0 Å². The Labute approximate surface area is 74.2 Å². The molecule has 3 N–H and O–H groups in total. The predicted octanol–water partition coefficient (Wildman–Crippen LogP) is 1.35. The standard InChI is InChI=1S/C8H11F2NO2/c9-7(10)5-2-1-4(8(12)13)3-6(5)11/h4,6H,1-3,11H2,(H,12,13)/t4-,6-/m0/s1. The second kappa shape index (κ2) is 3.83. The summed E-state index contributed by atoms with van der Waals surface area (Å²) in [7, 11) is 0. The van der Waals surface area contributed by atoms with Gasteiger partial charge in [-0.15, -0.1) is 0 Å². The van der Waals surface area contributed by atoms with Crippen LogP contribution in [0.4, 0.5) is 8.78 Å². The van der Waals surface area contributed by atoms with Crippen LogP contribution in [0.25, 0.3) is 0 Å². The molecule has 0 aliphatic heterocycles. The summed E-state index contributed by atoms with van der Waals surface area (Å²) in [5.41, 5.74) is 5.32. The molecule has 0 amide bonds. The highest BCUT2D eigenvalue weighted by Gasteiger charge is 2.30. The maximum Gasteiger partial charge on any atom is 0.306 e. The Morgan fingerprint density at radius 2 is 2.15 bits per heavy atom. The van der Waals surface area contributed by atoms with Gasteiger partial charge < -0.3 is 10.8 Å². The van der Waals surface area contributed by atoms with Gasteiger partial charge in [0.25, 0.3) is 6.08 Å². The van der Waals surface area contributed by atoms with Crippen molar-refractivity contribution in [3.05, 3.63) is 11.7 Å².